The number of benzene rings is 2. The molecule has 32 heavy (non-hydrogen) atoms. The summed E-state index contributed by atoms with van der Waals surface area (Å²) in [6, 6.07) is 12.6. The average Bonchev–Trinajstić information content (AvgIpc) is 3.23. The number of para-hydroxylation sites is 1. The molecule has 2 N–H and O–H groups in total. The Morgan fingerprint density at radius 1 is 1.22 bits per heavy atom. The molecule has 1 heterocycles. The van der Waals surface area contributed by atoms with Crippen LogP contribution in [0.25, 0.3) is 11.4 Å². The Morgan fingerprint density at radius 2 is 2.00 bits per heavy atom. The van der Waals surface area contributed by atoms with E-state index in [4.69, 9.17) is 9.47 Å². The van der Waals surface area contributed by atoms with Crippen molar-refractivity contribution in [3.8, 4) is 28.6 Å². The first-order valence-electron chi connectivity index (χ1n) is 10.0. The number of carbonyl (C=O) groups excluding carboxylic acids is 1. The van der Waals surface area contributed by atoms with Crippen LogP contribution in [0.4, 0.5) is 0 Å². The number of hydrogen-bond acceptors (Lipinski definition) is 8. The number of nitrogens with zero attached hydrogens (tertiary/aromatic N) is 4. The number of phenols is 1. The molecule has 0 saturated heterocycles. The lowest BCUT2D eigenvalue weighted by atomic mass is 10.2. The van der Waals surface area contributed by atoms with Crippen LogP contribution in [-0.4, -0.2) is 51.5 Å². The zero-order valence-corrected chi connectivity index (χ0v) is 18.9. The summed E-state index contributed by atoms with van der Waals surface area (Å²) in [7, 11) is 1.62. The molecule has 0 aliphatic rings. The minimum absolute atomic E-state index is 0.0242. The minimum Gasteiger partial charge on any atom is -0.504 e. The zero-order valence-electron chi connectivity index (χ0n) is 18.1. The highest BCUT2D eigenvalue weighted by atomic mass is 32.2. The van der Waals surface area contributed by atoms with Crippen LogP contribution in [0.5, 0.6) is 17.2 Å². The molecule has 0 radical (unpaired) electrons. The van der Waals surface area contributed by atoms with Gasteiger partial charge in [0, 0.05) is 17.7 Å². The van der Waals surface area contributed by atoms with Crippen molar-refractivity contribution in [1.29, 1.82) is 0 Å². The molecule has 0 aliphatic carbocycles. The summed E-state index contributed by atoms with van der Waals surface area (Å²) in [6.45, 7) is 4.92. The smallest absolute Gasteiger partial charge is 0.250 e. The lowest BCUT2D eigenvalue weighted by molar-refractivity contribution is -0.118. The number of hydrogen-bond donors (Lipinski definition) is 2. The fraction of sp³-hybridized carbons (Fsp3) is 0.273. The van der Waals surface area contributed by atoms with Gasteiger partial charge in [0.15, 0.2) is 22.5 Å². The van der Waals surface area contributed by atoms with Crippen LogP contribution in [0.1, 0.15) is 19.4 Å². The summed E-state index contributed by atoms with van der Waals surface area (Å²) in [4.78, 5) is 12.2. The molecule has 168 valence electrons. The normalized spacial score (nSPS) is 11.0. The maximum absolute atomic E-state index is 12.2. The van der Waals surface area contributed by atoms with Crippen molar-refractivity contribution in [3.63, 3.8) is 0 Å². The van der Waals surface area contributed by atoms with Gasteiger partial charge in [-0.3, -0.25) is 4.79 Å². The topological polar surface area (TPSA) is 111 Å². The van der Waals surface area contributed by atoms with Gasteiger partial charge in [-0.15, -0.1) is 10.2 Å². The highest BCUT2D eigenvalue weighted by Gasteiger charge is 2.14. The molecular formula is C22H25N5O4S. The lowest BCUT2D eigenvalue weighted by Gasteiger charge is -2.08. The molecular weight excluding hydrogens is 430 g/mol. The van der Waals surface area contributed by atoms with E-state index in [2.05, 4.69) is 20.7 Å². The summed E-state index contributed by atoms with van der Waals surface area (Å²) in [5, 5.41) is 23.2. The molecule has 0 spiro atoms. The van der Waals surface area contributed by atoms with Crippen molar-refractivity contribution in [2.75, 3.05) is 19.5 Å². The number of aromatic hydroxyl groups is 1. The Bertz CT molecular complexity index is 1080. The number of aromatic nitrogens is 3. The van der Waals surface area contributed by atoms with E-state index in [9.17, 15) is 9.90 Å². The van der Waals surface area contributed by atoms with Crippen molar-refractivity contribution in [1.82, 2.24) is 20.2 Å². The summed E-state index contributed by atoms with van der Waals surface area (Å²) >= 11 is 1.27. The maximum atomic E-state index is 12.2. The Hall–Kier alpha value is -3.53. The number of rotatable bonds is 10. The van der Waals surface area contributed by atoms with Gasteiger partial charge in [0.05, 0.1) is 25.7 Å². The average molecular weight is 456 g/mol. The second-order valence-corrected chi connectivity index (χ2v) is 7.43. The number of hydrazone groups is 1. The third kappa shape index (κ3) is 5.58. The Morgan fingerprint density at radius 3 is 2.69 bits per heavy atom. The number of carbonyl (C=O) groups is 1. The van der Waals surface area contributed by atoms with E-state index in [1.54, 1.807) is 25.3 Å². The summed E-state index contributed by atoms with van der Waals surface area (Å²) in [6.07, 6.45) is 1.37. The van der Waals surface area contributed by atoms with Crippen LogP contribution >= 0.6 is 11.8 Å². The van der Waals surface area contributed by atoms with E-state index in [0.29, 0.717) is 29.6 Å². The van der Waals surface area contributed by atoms with E-state index in [0.717, 1.165) is 17.1 Å². The minimum atomic E-state index is -0.302. The Kier molecular flexibility index (Phi) is 8.09. The monoisotopic (exact) mass is 455 g/mol. The lowest BCUT2D eigenvalue weighted by Crippen LogP contribution is -2.20. The van der Waals surface area contributed by atoms with E-state index in [-0.39, 0.29) is 17.4 Å². The predicted molar refractivity (Wildman–Crippen MR) is 123 cm³/mol. The maximum Gasteiger partial charge on any atom is 0.250 e. The first-order valence-corrected chi connectivity index (χ1v) is 11.0. The van der Waals surface area contributed by atoms with Crippen LogP contribution in [0, 0.1) is 0 Å². The summed E-state index contributed by atoms with van der Waals surface area (Å²) in [5.41, 5.74) is 3.81. The molecule has 0 fully saturated rings. The molecule has 1 aromatic heterocycles. The number of nitrogens with one attached hydrogen (secondary N) is 1. The first kappa shape index (κ1) is 23.1. The standard InChI is InChI=1S/C22H25N5O4S/c1-4-27-21(15-9-11-17(30-3)12-10-15)25-26-22(27)32-14-19(28)24-23-13-16-7-6-8-18(20(16)29)31-5-2/h6-13,29H,4-5,14H2,1-3H3,(H,24,28)/b23-13+. The van der Waals surface area contributed by atoms with Crippen LogP contribution in [0.15, 0.2) is 52.7 Å². The molecule has 0 saturated carbocycles. The van der Waals surface area contributed by atoms with Crippen LogP contribution in [0.3, 0.4) is 0 Å². The molecule has 2 aromatic carbocycles. The fourth-order valence-electron chi connectivity index (χ4n) is 2.89. The highest BCUT2D eigenvalue weighted by Crippen LogP contribution is 2.28. The van der Waals surface area contributed by atoms with Crippen molar-refractivity contribution in [3.05, 3.63) is 48.0 Å². The summed E-state index contributed by atoms with van der Waals surface area (Å²) in [5.74, 6) is 1.64. The Balaban J connectivity index is 1.60. The molecule has 10 heteroatoms. The van der Waals surface area contributed by atoms with E-state index in [1.165, 1.54) is 18.0 Å². The number of amides is 1. The number of methoxy groups -OCH3 is 1. The van der Waals surface area contributed by atoms with E-state index >= 15 is 0 Å². The SMILES string of the molecule is CCOc1cccc(/C=N/NC(=O)CSc2nnc(-c3ccc(OC)cc3)n2CC)c1O. The van der Waals surface area contributed by atoms with Gasteiger partial charge >= 0.3 is 0 Å². The molecule has 3 rings (SSSR count). The van der Waals surface area contributed by atoms with E-state index in [1.807, 2.05) is 42.7 Å². The van der Waals surface area contributed by atoms with Gasteiger partial charge in [0.2, 0.25) is 0 Å². The van der Waals surface area contributed by atoms with Gasteiger partial charge in [0.25, 0.3) is 5.91 Å². The summed E-state index contributed by atoms with van der Waals surface area (Å²) < 4.78 is 12.5. The molecule has 1 amide bonds. The number of thioether (sulfide) groups is 1. The Labute approximate surface area is 190 Å². The van der Waals surface area contributed by atoms with Gasteiger partial charge < -0.3 is 19.1 Å². The van der Waals surface area contributed by atoms with Crippen molar-refractivity contribution in [2.45, 2.75) is 25.5 Å². The predicted octanol–water partition coefficient (Wildman–Crippen LogP) is 3.32. The van der Waals surface area contributed by atoms with Gasteiger partial charge in [-0.05, 0) is 50.2 Å². The van der Waals surface area contributed by atoms with Crippen molar-refractivity contribution >= 4 is 23.9 Å². The first-order chi connectivity index (χ1) is 15.6. The quantitative estimate of drug-likeness (QED) is 0.274. The third-order valence-electron chi connectivity index (χ3n) is 4.44. The van der Waals surface area contributed by atoms with E-state index < -0.39 is 0 Å². The van der Waals surface area contributed by atoms with Gasteiger partial charge in [-0.1, -0.05) is 17.8 Å². The molecule has 0 aliphatic heterocycles. The zero-order chi connectivity index (χ0) is 22.9. The largest absolute Gasteiger partial charge is 0.504 e. The van der Waals surface area contributed by atoms with Crippen molar-refractivity contribution in [2.24, 2.45) is 5.10 Å². The second-order valence-electron chi connectivity index (χ2n) is 6.49. The van der Waals surface area contributed by atoms with Crippen LogP contribution in [0.2, 0.25) is 0 Å². The van der Waals surface area contributed by atoms with Gasteiger partial charge in [-0.25, -0.2) is 5.43 Å². The van der Waals surface area contributed by atoms with Gasteiger partial charge in [0.1, 0.15) is 5.75 Å². The second kappa shape index (κ2) is 11.2. The highest BCUT2D eigenvalue weighted by molar-refractivity contribution is 7.99. The van der Waals surface area contributed by atoms with Crippen molar-refractivity contribution < 1.29 is 19.4 Å². The van der Waals surface area contributed by atoms with Gasteiger partial charge in [-0.2, -0.15) is 5.10 Å². The van der Waals surface area contributed by atoms with Crippen LogP contribution in [-0.2, 0) is 11.3 Å². The molecule has 0 bridgehead atoms. The number of phenolic OH excluding ortho intramolecular Hbond substituents is 1. The molecule has 0 atom stereocenters. The number of ether oxygens (including phenoxy) is 2. The molecule has 9 nitrogen and oxygen atoms in total. The third-order valence-corrected chi connectivity index (χ3v) is 5.40. The fourth-order valence-corrected chi connectivity index (χ4v) is 3.68. The molecule has 3 aromatic rings. The van der Waals surface area contributed by atoms with Crippen LogP contribution < -0.4 is 14.9 Å². The molecule has 0 unspecified atom stereocenters.